The lowest BCUT2D eigenvalue weighted by molar-refractivity contribution is -0.122. The molecule has 0 aliphatic carbocycles. The fourth-order valence-electron chi connectivity index (χ4n) is 4.07. The summed E-state index contributed by atoms with van der Waals surface area (Å²) >= 11 is 0. The highest BCUT2D eigenvalue weighted by Crippen LogP contribution is 2.46. The monoisotopic (exact) mass is 394 g/mol. The van der Waals surface area contributed by atoms with Crippen LogP contribution in [0, 0.1) is 5.92 Å². The van der Waals surface area contributed by atoms with Gasteiger partial charge in [-0.3, -0.25) is 4.79 Å². The summed E-state index contributed by atoms with van der Waals surface area (Å²) in [6.07, 6.45) is 3.74. The lowest BCUT2D eigenvalue weighted by atomic mass is 9.76. The van der Waals surface area contributed by atoms with Crippen molar-refractivity contribution in [3.63, 3.8) is 0 Å². The van der Waals surface area contributed by atoms with Crippen molar-refractivity contribution in [2.45, 2.75) is 51.0 Å². The predicted octanol–water partition coefficient (Wildman–Crippen LogP) is 2.51. The van der Waals surface area contributed by atoms with E-state index in [2.05, 4.69) is 19.2 Å². The summed E-state index contributed by atoms with van der Waals surface area (Å²) < 4.78 is 31.5. The second-order valence-corrected chi connectivity index (χ2v) is 10.3. The number of carbonyl (C=O) groups excluding carboxylic acids is 1. The molecule has 7 heteroatoms. The average Bonchev–Trinajstić information content (AvgIpc) is 2.59. The minimum atomic E-state index is -3.18. The molecule has 1 aromatic carbocycles. The van der Waals surface area contributed by atoms with Gasteiger partial charge < -0.3 is 10.1 Å². The number of hydrogen-bond acceptors (Lipinski definition) is 4. The molecule has 1 N–H and O–H groups in total. The lowest BCUT2D eigenvalue weighted by Crippen LogP contribution is -2.51. The number of benzene rings is 1. The highest BCUT2D eigenvalue weighted by atomic mass is 32.2. The second-order valence-electron chi connectivity index (χ2n) is 8.29. The zero-order valence-electron chi connectivity index (χ0n) is 16.4. The van der Waals surface area contributed by atoms with E-state index in [0.29, 0.717) is 44.8 Å². The molecule has 1 amide bonds. The number of carbonyl (C=O) groups is 1. The Bertz CT molecular complexity index is 783. The van der Waals surface area contributed by atoms with Gasteiger partial charge in [0.25, 0.3) is 0 Å². The topological polar surface area (TPSA) is 75.7 Å². The molecular weight excluding hydrogens is 364 g/mol. The SMILES string of the molecule is CC(C)CNC(=O)C[C@H]1CC2(CCN(S(C)(=O)=O)CC2)Oc2ccccc21. The number of sulfonamides is 1. The van der Waals surface area contributed by atoms with Crippen LogP contribution in [0.1, 0.15) is 51.0 Å². The first-order chi connectivity index (χ1) is 12.7. The summed E-state index contributed by atoms with van der Waals surface area (Å²) in [5, 5.41) is 3.01. The van der Waals surface area contributed by atoms with Gasteiger partial charge in [-0.25, -0.2) is 12.7 Å². The number of nitrogens with zero attached hydrogens (tertiary/aromatic N) is 1. The largest absolute Gasteiger partial charge is 0.487 e. The summed E-state index contributed by atoms with van der Waals surface area (Å²) in [5.41, 5.74) is 0.687. The van der Waals surface area contributed by atoms with Crippen LogP contribution < -0.4 is 10.1 Å². The Labute approximate surface area is 162 Å². The summed E-state index contributed by atoms with van der Waals surface area (Å²) in [7, 11) is -3.18. The van der Waals surface area contributed by atoms with Gasteiger partial charge in [-0.05, 0) is 24.0 Å². The average molecular weight is 395 g/mol. The normalized spacial score (nSPS) is 22.3. The molecule has 0 saturated carbocycles. The van der Waals surface area contributed by atoms with Gasteiger partial charge >= 0.3 is 0 Å². The molecule has 6 nitrogen and oxygen atoms in total. The van der Waals surface area contributed by atoms with Crippen LogP contribution >= 0.6 is 0 Å². The van der Waals surface area contributed by atoms with Crippen LogP contribution in [-0.4, -0.2) is 50.1 Å². The Kier molecular flexibility index (Phi) is 5.82. The predicted molar refractivity (Wildman–Crippen MR) is 105 cm³/mol. The Balaban J connectivity index is 1.76. The maximum Gasteiger partial charge on any atom is 0.220 e. The van der Waals surface area contributed by atoms with Gasteiger partial charge in [0.1, 0.15) is 11.4 Å². The zero-order valence-corrected chi connectivity index (χ0v) is 17.2. The Morgan fingerprint density at radius 3 is 2.59 bits per heavy atom. The quantitative estimate of drug-likeness (QED) is 0.833. The van der Waals surface area contributed by atoms with Gasteiger partial charge in [-0.2, -0.15) is 0 Å². The number of rotatable bonds is 5. The third-order valence-electron chi connectivity index (χ3n) is 5.55. The molecule has 150 valence electrons. The molecule has 1 atom stereocenters. The summed E-state index contributed by atoms with van der Waals surface area (Å²) in [5.74, 6) is 1.40. The van der Waals surface area contributed by atoms with Crippen molar-refractivity contribution in [2.24, 2.45) is 5.92 Å². The minimum absolute atomic E-state index is 0.0640. The molecule has 0 unspecified atom stereocenters. The number of hydrogen-bond donors (Lipinski definition) is 1. The van der Waals surface area contributed by atoms with Crippen LogP contribution in [0.4, 0.5) is 0 Å². The van der Waals surface area contributed by atoms with E-state index in [0.717, 1.165) is 17.7 Å². The van der Waals surface area contributed by atoms with E-state index >= 15 is 0 Å². The van der Waals surface area contributed by atoms with Crippen LogP contribution in [0.2, 0.25) is 0 Å². The third-order valence-corrected chi connectivity index (χ3v) is 6.85. The molecule has 1 fully saturated rings. The highest BCUT2D eigenvalue weighted by molar-refractivity contribution is 7.88. The molecule has 2 heterocycles. The Morgan fingerprint density at radius 2 is 1.96 bits per heavy atom. The fraction of sp³-hybridized carbons (Fsp3) is 0.650. The van der Waals surface area contributed by atoms with Gasteiger partial charge in [0.05, 0.1) is 6.26 Å². The smallest absolute Gasteiger partial charge is 0.220 e. The van der Waals surface area contributed by atoms with E-state index in [9.17, 15) is 13.2 Å². The van der Waals surface area contributed by atoms with E-state index in [1.165, 1.54) is 10.6 Å². The molecule has 2 aliphatic heterocycles. The molecule has 1 spiro atoms. The fourth-order valence-corrected chi connectivity index (χ4v) is 4.92. The molecule has 2 aliphatic rings. The molecule has 0 bridgehead atoms. The van der Waals surface area contributed by atoms with Gasteiger partial charge in [0.2, 0.25) is 15.9 Å². The summed E-state index contributed by atoms with van der Waals surface area (Å²) in [6, 6.07) is 7.91. The van der Waals surface area contributed by atoms with Gasteiger partial charge in [-0.1, -0.05) is 32.0 Å². The van der Waals surface area contributed by atoms with Crippen LogP contribution in [0.5, 0.6) is 5.75 Å². The molecule has 27 heavy (non-hydrogen) atoms. The number of ether oxygens (including phenoxy) is 1. The molecule has 1 saturated heterocycles. The molecule has 0 aromatic heterocycles. The first kappa shape index (κ1) is 20.1. The molecule has 0 radical (unpaired) electrons. The number of amides is 1. The van der Waals surface area contributed by atoms with Crippen LogP contribution in [0.3, 0.4) is 0 Å². The molecular formula is C20H30N2O4S. The lowest BCUT2D eigenvalue weighted by Gasteiger charge is -2.46. The third kappa shape index (κ3) is 4.82. The van der Waals surface area contributed by atoms with Crippen molar-refractivity contribution in [3.05, 3.63) is 29.8 Å². The van der Waals surface area contributed by atoms with Crippen molar-refractivity contribution in [1.82, 2.24) is 9.62 Å². The number of fused-ring (bicyclic) bond motifs is 1. The van der Waals surface area contributed by atoms with Gasteiger partial charge in [0, 0.05) is 44.8 Å². The Hall–Kier alpha value is -1.60. The second kappa shape index (κ2) is 7.80. The summed E-state index contributed by atoms with van der Waals surface area (Å²) in [6.45, 7) is 5.77. The van der Waals surface area contributed by atoms with Crippen LogP contribution in [0.25, 0.3) is 0 Å². The minimum Gasteiger partial charge on any atom is -0.487 e. The van der Waals surface area contributed by atoms with Crippen molar-refractivity contribution in [1.29, 1.82) is 0 Å². The highest BCUT2D eigenvalue weighted by Gasteiger charge is 2.44. The standard InChI is InChI=1S/C20H30N2O4S/c1-15(2)14-21-19(23)12-16-13-20(26-18-7-5-4-6-17(16)18)8-10-22(11-9-20)27(3,24)25/h4-7,15-16H,8-14H2,1-3H3,(H,21,23)/t16-/m0/s1. The van der Waals surface area contributed by atoms with E-state index in [4.69, 9.17) is 4.74 Å². The first-order valence-electron chi connectivity index (χ1n) is 9.68. The van der Waals surface area contributed by atoms with E-state index in [-0.39, 0.29) is 11.8 Å². The van der Waals surface area contributed by atoms with Crippen molar-refractivity contribution in [3.8, 4) is 5.75 Å². The van der Waals surface area contributed by atoms with Crippen molar-refractivity contribution >= 4 is 15.9 Å². The van der Waals surface area contributed by atoms with E-state index in [1.807, 2.05) is 24.3 Å². The van der Waals surface area contributed by atoms with E-state index < -0.39 is 15.6 Å². The van der Waals surface area contributed by atoms with Crippen LogP contribution in [0.15, 0.2) is 24.3 Å². The first-order valence-corrected chi connectivity index (χ1v) is 11.5. The number of nitrogens with one attached hydrogen (secondary N) is 1. The molecule has 3 rings (SSSR count). The van der Waals surface area contributed by atoms with Crippen molar-refractivity contribution in [2.75, 3.05) is 25.9 Å². The number of piperidine rings is 1. The van der Waals surface area contributed by atoms with Gasteiger partial charge in [0.15, 0.2) is 0 Å². The van der Waals surface area contributed by atoms with Crippen LogP contribution in [-0.2, 0) is 14.8 Å². The maximum atomic E-state index is 12.4. The summed E-state index contributed by atoms with van der Waals surface area (Å²) in [4.78, 5) is 12.4. The van der Waals surface area contributed by atoms with Gasteiger partial charge in [-0.15, -0.1) is 0 Å². The maximum absolute atomic E-state index is 12.4. The Morgan fingerprint density at radius 1 is 1.30 bits per heavy atom. The zero-order chi connectivity index (χ0) is 19.7. The molecule has 1 aromatic rings. The van der Waals surface area contributed by atoms with E-state index in [1.54, 1.807) is 0 Å². The number of para-hydroxylation sites is 1. The van der Waals surface area contributed by atoms with Crippen molar-refractivity contribution < 1.29 is 17.9 Å².